The van der Waals surface area contributed by atoms with Crippen LogP contribution in [0.3, 0.4) is 0 Å². The quantitative estimate of drug-likeness (QED) is 0.767. The zero-order valence-corrected chi connectivity index (χ0v) is 11.5. The van der Waals surface area contributed by atoms with Gasteiger partial charge in [0, 0.05) is 6.54 Å². The number of hydrogen-bond donors (Lipinski definition) is 2. The predicted molar refractivity (Wildman–Crippen MR) is 73.4 cm³/mol. The first kappa shape index (κ1) is 12.0. The highest BCUT2D eigenvalue weighted by Crippen LogP contribution is 2.50. The van der Waals surface area contributed by atoms with Gasteiger partial charge in [0.15, 0.2) is 5.82 Å². The number of aromatic nitrogens is 1. The molecule has 1 aliphatic carbocycles. The molecule has 1 aliphatic rings. The first-order chi connectivity index (χ1) is 7.71. The highest BCUT2D eigenvalue weighted by molar-refractivity contribution is 7.99. The highest BCUT2D eigenvalue weighted by atomic mass is 32.2. The number of nitrogens with zero attached hydrogens (tertiary/aromatic N) is 1. The van der Waals surface area contributed by atoms with Crippen molar-refractivity contribution in [3.05, 3.63) is 0 Å². The Morgan fingerprint density at radius 2 is 2.31 bits per heavy atom. The lowest BCUT2D eigenvalue weighted by Crippen LogP contribution is -2.14. The molecule has 0 saturated heterocycles. The largest absolute Gasteiger partial charge is 0.382 e. The van der Waals surface area contributed by atoms with E-state index in [4.69, 9.17) is 5.73 Å². The summed E-state index contributed by atoms with van der Waals surface area (Å²) in [7, 11) is 0. The summed E-state index contributed by atoms with van der Waals surface area (Å²) in [6.45, 7) is 3.34. The Kier molecular flexibility index (Phi) is 3.64. The smallest absolute Gasteiger partial charge is 0.153 e. The van der Waals surface area contributed by atoms with Gasteiger partial charge in [-0.3, -0.25) is 0 Å². The van der Waals surface area contributed by atoms with E-state index in [-0.39, 0.29) is 0 Å². The molecule has 3 N–H and O–H groups in total. The van der Waals surface area contributed by atoms with Gasteiger partial charge >= 0.3 is 0 Å². The van der Waals surface area contributed by atoms with E-state index in [2.05, 4.69) is 16.6 Å². The second kappa shape index (κ2) is 4.84. The summed E-state index contributed by atoms with van der Waals surface area (Å²) in [5.41, 5.74) is 6.38. The van der Waals surface area contributed by atoms with Crippen molar-refractivity contribution < 1.29 is 0 Å². The van der Waals surface area contributed by atoms with Crippen molar-refractivity contribution in [2.24, 2.45) is 5.41 Å². The molecule has 1 aromatic heterocycles. The van der Waals surface area contributed by atoms with Crippen molar-refractivity contribution in [3.63, 3.8) is 0 Å². The third-order valence-electron chi connectivity index (χ3n) is 3.24. The minimum absolute atomic E-state index is 0.573. The standard InChI is InChI=1S/C11H19N3S2/c1-3-4-11(5-6-11)7-13-10-8(15-2)9(12)14-16-10/h13H,3-7H2,1-2H3,(H2,12,14). The van der Waals surface area contributed by atoms with Crippen LogP contribution >= 0.6 is 23.3 Å². The maximum absolute atomic E-state index is 5.80. The third-order valence-corrected chi connectivity index (χ3v) is 5.01. The molecule has 1 aromatic rings. The summed E-state index contributed by atoms with van der Waals surface area (Å²) in [5, 5.41) is 4.67. The lowest BCUT2D eigenvalue weighted by atomic mass is 10.0. The maximum atomic E-state index is 5.80. The summed E-state index contributed by atoms with van der Waals surface area (Å²) in [4.78, 5) is 1.11. The van der Waals surface area contributed by atoms with Crippen molar-refractivity contribution in [1.82, 2.24) is 4.37 Å². The predicted octanol–water partition coefficient (Wildman–Crippen LogP) is 3.44. The topological polar surface area (TPSA) is 50.9 Å². The summed E-state index contributed by atoms with van der Waals surface area (Å²) in [6.07, 6.45) is 7.41. The van der Waals surface area contributed by atoms with Crippen molar-refractivity contribution >= 4 is 34.1 Å². The lowest BCUT2D eigenvalue weighted by Gasteiger charge is -2.15. The van der Waals surface area contributed by atoms with Gasteiger partial charge in [-0.25, -0.2) is 0 Å². The molecule has 5 heteroatoms. The average Bonchev–Trinajstić information content (AvgIpc) is 2.94. The Bertz CT molecular complexity index is 358. The summed E-state index contributed by atoms with van der Waals surface area (Å²) < 4.78 is 4.19. The second-order valence-electron chi connectivity index (χ2n) is 4.53. The Labute approximate surface area is 105 Å². The van der Waals surface area contributed by atoms with E-state index in [1.165, 1.54) is 37.2 Å². The zero-order chi connectivity index (χ0) is 11.6. The Morgan fingerprint density at radius 1 is 1.56 bits per heavy atom. The molecule has 3 nitrogen and oxygen atoms in total. The molecule has 1 heterocycles. The molecule has 1 fully saturated rings. The van der Waals surface area contributed by atoms with Crippen LogP contribution in [0.15, 0.2) is 4.90 Å². The first-order valence-corrected chi connectivity index (χ1v) is 7.73. The molecule has 0 unspecified atom stereocenters. The van der Waals surface area contributed by atoms with E-state index in [0.29, 0.717) is 11.2 Å². The molecule has 16 heavy (non-hydrogen) atoms. The van der Waals surface area contributed by atoms with Gasteiger partial charge in [-0.15, -0.1) is 11.8 Å². The normalized spacial score (nSPS) is 17.4. The SMILES string of the molecule is CCCC1(CNc2snc(N)c2SC)CC1. The fourth-order valence-electron chi connectivity index (χ4n) is 2.09. The monoisotopic (exact) mass is 257 g/mol. The molecular formula is C11H19N3S2. The molecule has 0 radical (unpaired) electrons. The van der Waals surface area contributed by atoms with Crippen LogP contribution in [0.4, 0.5) is 10.8 Å². The molecule has 0 bridgehead atoms. The van der Waals surface area contributed by atoms with E-state index in [1.54, 1.807) is 11.8 Å². The molecule has 0 aliphatic heterocycles. The van der Waals surface area contributed by atoms with Crippen LogP contribution < -0.4 is 11.1 Å². The highest BCUT2D eigenvalue weighted by Gasteiger charge is 2.41. The molecular weight excluding hydrogens is 238 g/mol. The van der Waals surface area contributed by atoms with Crippen LogP contribution in [-0.4, -0.2) is 17.2 Å². The van der Waals surface area contributed by atoms with Crippen LogP contribution in [0.2, 0.25) is 0 Å². The number of rotatable bonds is 6. The van der Waals surface area contributed by atoms with Gasteiger partial charge in [0.25, 0.3) is 0 Å². The van der Waals surface area contributed by atoms with Crippen LogP contribution in [-0.2, 0) is 0 Å². The maximum Gasteiger partial charge on any atom is 0.153 e. The molecule has 1 saturated carbocycles. The summed E-state index contributed by atoms with van der Waals surface area (Å²) in [5.74, 6) is 0.667. The van der Waals surface area contributed by atoms with Gasteiger partial charge in [-0.1, -0.05) is 13.3 Å². The fourth-order valence-corrected chi connectivity index (χ4v) is 3.63. The van der Waals surface area contributed by atoms with E-state index < -0.39 is 0 Å². The minimum atomic E-state index is 0.573. The zero-order valence-electron chi connectivity index (χ0n) is 9.88. The number of hydrogen-bond acceptors (Lipinski definition) is 5. The van der Waals surface area contributed by atoms with Crippen molar-refractivity contribution in [3.8, 4) is 0 Å². The van der Waals surface area contributed by atoms with E-state index >= 15 is 0 Å². The van der Waals surface area contributed by atoms with Crippen LogP contribution in [0.5, 0.6) is 0 Å². The van der Waals surface area contributed by atoms with Crippen molar-refractivity contribution in [1.29, 1.82) is 0 Å². The Hall–Kier alpha value is -0.420. The van der Waals surface area contributed by atoms with Crippen LogP contribution in [0, 0.1) is 5.41 Å². The Morgan fingerprint density at radius 3 is 2.88 bits per heavy atom. The van der Waals surface area contributed by atoms with Gasteiger partial charge < -0.3 is 11.1 Å². The van der Waals surface area contributed by atoms with Crippen LogP contribution in [0.1, 0.15) is 32.6 Å². The van der Waals surface area contributed by atoms with Gasteiger partial charge in [0.1, 0.15) is 5.00 Å². The molecule has 0 atom stereocenters. The van der Waals surface area contributed by atoms with Crippen LogP contribution in [0.25, 0.3) is 0 Å². The molecule has 0 spiro atoms. The van der Waals surface area contributed by atoms with Gasteiger partial charge in [0.05, 0.1) is 4.90 Å². The van der Waals surface area contributed by atoms with Gasteiger partial charge in [-0.2, -0.15) is 4.37 Å². The Balaban J connectivity index is 1.94. The van der Waals surface area contributed by atoms with Crippen molar-refractivity contribution in [2.45, 2.75) is 37.5 Å². The number of nitrogens with two attached hydrogens (primary N) is 1. The number of nitrogen functional groups attached to an aromatic ring is 1. The third kappa shape index (κ3) is 2.46. The summed E-state index contributed by atoms with van der Waals surface area (Å²) in [6, 6.07) is 0. The van der Waals surface area contributed by atoms with Crippen molar-refractivity contribution in [2.75, 3.05) is 23.9 Å². The lowest BCUT2D eigenvalue weighted by molar-refractivity contribution is 0.486. The number of nitrogens with one attached hydrogen (secondary N) is 1. The second-order valence-corrected chi connectivity index (χ2v) is 6.12. The van der Waals surface area contributed by atoms with E-state index in [9.17, 15) is 0 Å². The summed E-state index contributed by atoms with van der Waals surface area (Å²) >= 11 is 3.15. The van der Waals surface area contributed by atoms with Gasteiger partial charge in [0.2, 0.25) is 0 Å². The van der Waals surface area contributed by atoms with E-state index in [0.717, 1.165) is 16.4 Å². The van der Waals surface area contributed by atoms with Gasteiger partial charge in [-0.05, 0) is 42.5 Å². The molecule has 0 aromatic carbocycles. The molecule has 90 valence electrons. The average molecular weight is 257 g/mol. The molecule has 2 rings (SSSR count). The first-order valence-electron chi connectivity index (χ1n) is 5.74. The molecule has 0 amide bonds. The number of anilines is 2. The fraction of sp³-hybridized carbons (Fsp3) is 0.727. The van der Waals surface area contributed by atoms with E-state index in [1.807, 2.05) is 6.26 Å². The number of thioether (sulfide) groups is 1. The minimum Gasteiger partial charge on any atom is -0.382 e.